The second-order valence-corrected chi connectivity index (χ2v) is 5.34. The minimum absolute atomic E-state index is 0.443. The fourth-order valence-electron chi connectivity index (χ4n) is 1.88. The van der Waals surface area contributed by atoms with Crippen molar-refractivity contribution in [1.82, 2.24) is 4.98 Å². The summed E-state index contributed by atoms with van der Waals surface area (Å²) in [6.07, 6.45) is 1.04. The Hall–Kier alpha value is -1.39. The van der Waals surface area contributed by atoms with Crippen LogP contribution in [0.15, 0.2) is 34.9 Å². The van der Waals surface area contributed by atoms with Crippen LogP contribution < -0.4 is 4.74 Å². The highest BCUT2D eigenvalue weighted by Crippen LogP contribution is 2.31. The Morgan fingerprint density at radius 3 is 2.47 bits per heavy atom. The van der Waals surface area contributed by atoms with Gasteiger partial charge in [-0.05, 0) is 56.2 Å². The van der Waals surface area contributed by atoms with Gasteiger partial charge in [0, 0.05) is 16.2 Å². The first-order valence-corrected chi connectivity index (χ1v) is 6.86. The van der Waals surface area contributed by atoms with Gasteiger partial charge in [0.2, 0.25) is 5.88 Å². The average Bonchev–Trinajstić information content (AvgIpc) is 2.36. The molecule has 1 heterocycles. The summed E-state index contributed by atoms with van der Waals surface area (Å²) < 4.78 is 6.88. The highest BCUT2D eigenvalue weighted by Gasteiger charge is 2.12. The number of hydrogen-bond acceptors (Lipinski definition) is 3. The van der Waals surface area contributed by atoms with Gasteiger partial charge in [-0.1, -0.05) is 15.9 Å². The van der Waals surface area contributed by atoms with E-state index < -0.39 is 6.10 Å². The maximum atomic E-state index is 9.71. The molecule has 0 spiro atoms. The van der Waals surface area contributed by atoms with E-state index in [9.17, 15) is 5.11 Å². The van der Waals surface area contributed by atoms with E-state index in [0.717, 1.165) is 21.3 Å². The Morgan fingerprint density at radius 1 is 1.26 bits per heavy atom. The maximum Gasteiger partial charge on any atom is 0.225 e. The van der Waals surface area contributed by atoms with Gasteiger partial charge in [-0.25, -0.2) is 4.98 Å². The quantitative estimate of drug-likeness (QED) is 0.916. The summed E-state index contributed by atoms with van der Waals surface area (Å²) in [5.74, 6) is 1.16. The van der Waals surface area contributed by atoms with Gasteiger partial charge in [0.1, 0.15) is 5.75 Å². The number of aliphatic hydroxyl groups excluding tert-OH is 1. The molecule has 0 aliphatic rings. The molecular formula is C15H16BrNO2. The number of benzene rings is 1. The van der Waals surface area contributed by atoms with Crippen molar-refractivity contribution in [1.29, 1.82) is 0 Å². The van der Waals surface area contributed by atoms with Crippen LogP contribution in [0.4, 0.5) is 0 Å². The maximum absolute atomic E-state index is 9.71. The van der Waals surface area contributed by atoms with E-state index >= 15 is 0 Å². The molecule has 3 nitrogen and oxygen atoms in total. The minimum Gasteiger partial charge on any atom is -0.439 e. The molecule has 19 heavy (non-hydrogen) atoms. The molecule has 100 valence electrons. The molecule has 1 atom stereocenters. The number of rotatable bonds is 3. The Kier molecular flexibility index (Phi) is 4.22. The van der Waals surface area contributed by atoms with Crippen LogP contribution in [0, 0.1) is 13.8 Å². The lowest BCUT2D eigenvalue weighted by Gasteiger charge is -2.13. The first-order chi connectivity index (χ1) is 8.99. The van der Waals surface area contributed by atoms with Crippen molar-refractivity contribution < 1.29 is 9.84 Å². The molecule has 2 aromatic rings. The van der Waals surface area contributed by atoms with E-state index in [-0.39, 0.29) is 0 Å². The molecule has 0 saturated carbocycles. The standard InChI is InChI=1S/C15H16BrNO2/c1-9-7-12(8-10(2)14(9)16)19-15-13(11(3)18)5-4-6-17-15/h4-8,11,18H,1-3H3/t11-/m1/s1. The topological polar surface area (TPSA) is 42.4 Å². The number of aryl methyl sites for hydroxylation is 2. The lowest BCUT2D eigenvalue weighted by molar-refractivity contribution is 0.194. The van der Waals surface area contributed by atoms with Gasteiger partial charge in [0.15, 0.2) is 0 Å². The number of aliphatic hydroxyl groups is 1. The second-order valence-electron chi connectivity index (χ2n) is 4.55. The third-order valence-corrected chi connectivity index (χ3v) is 4.13. The molecule has 0 amide bonds. The third-order valence-electron chi connectivity index (χ3n) is 2.88. The monoisotopic (exact) mass is 321 g/mol. The SMILES string of the molecule is Cc1cc(Oc2ncccc2[C@@H](C)O)cc(C)c1Br. The molecule has 0 aliphatic carbocycles. The van der Waals surface area contributed by atoms with Crippen molar-refractivity contribution in [3.8, 4) is 11.6 Å². The van der Waals surface area contributed by atoms with Gasteiger partial charge in [0.05, 0.1) is 6.10 Å². The molecule has 1 aromatic heterocycles. The van der Waals surface area contributed by atoms with Crippen molar-refractivity contribution in [3.63, 3.8) is 0 Å². The van der Waals surface area contributed by atoms with Gasteiger partial charge in [-0.2, -0.15) is 0 Å². The van der Waals surface area contributed by atoms with Crippen molar-refractivity contribution in [2.45, 2.75) is 26.9 Å². The summed E-state index contributed by atoms with van der Waals surface area (Å²) in [6, 6.07) is 7.48. The van der Waals surface area contributed by atoms with Gasteiger partial charge in [-0.3, -0.25) is 0 Å². The minimum atomic E-state index is -0.610. The zero-order valence-corrected chi connectivity index (χ0v) is 12.7. The zero-order valence-electron chi connectivity index (χ0n) is 11.1. The number of ether oxygens (including phenoxy) is 1. The summed E-state index contributed by atoms with van der Waals surface area (Å²) >= 11 is 3.53. The van der Waals surface area contributed by atoms with Crippen molar-refractivity contribution in [2.75, 3.05) is 0 Å². The largest absolute Gasteiger partial charge is 0.439 e. The van der Waals surface area contributed by atoms with E-state index in [2.05, 4.69) is 20.9 Å². The summed E-state index contributed by atoms with van der Waals surface area (Å²) in [4.78, 5) is 4.18. The van der Waals surface area contributed by atoms with E-state index in [0.29, 0.717) is 11.4 Å². The number of aromatic nitrogens is 1. The summed E-state index contributed by atoms with van der Waals surface area (Å²) in [5.41, 5.74) is 2.88. The van der Waals surface area contributed by atoms with Crippen LogP contribution >= 0.6 is 15.9 Å². The van der Waals surface area contributed by atoms with Crippen LogP contribution in [0.3, 0.4) is 0 Å². The summed E-state index contributed by atoms with van der Waals surface area (Å²) in [6.45, 7) is 5.72. The number of pyridine rings is 1. The van der Waals surface area contributed by atoms with Crippen molar-refractivity contribution in [3.05, 3.63) is 51.6 Å². The van der Waals surface area contributed by atoms with Crippen LogP contribution in [-0.4, -0.2) is 10.1 Å². The first-order valence-electron chi connectivity index (χ1n) is 6.06. The third kappa shape index (κ3) is 3.14. The average molecular weight is 322 g/mol. The van der Waals surface area contributed by atoms with Gasteiger partial charge >= 0.3 is 0 Å². The van der Waals surface area contributed by atoms with Crippen LogP contribution in [0.1, 0.15) is 29.7 Å². The fourth-order valence-corrected chi connectivity index (χ4v) is 2.11. The Labute approximate surface area is 121 Å². The fraction of sp³-hybridized carbons (Fsp3) is 0.267. The van der Waals surface area contributed by atoms with Crippen molar-refractivity contribution in [2.24, 2.45) is 0 Å². The van der Waals surface area contributed by atoms with E-state index in [1.807, 2.05) is 32.0 Å². The lowest BCUT2D eigenvalue weighted by atomic mass is 10.1. The van der Waals surface area contributed by atoms with Gasteiger partial charge in [-0.15, -0.1) is 0 Å². The van der Waals surface area contributed by atoms with E-state index in [1.165, 1.54) is 0 Å². The normalized spacial score (nSPS) is 12.3. The van der Waals surface area contributed by atoms with Gasteiger partial charge in [0.25, 0.3) is 0 Å². The van der Waals surface area contributed by atoms with Crippen LogP contribution in [0.25, 0.3) is 0 Å². The number of hydrogen-bond donors (Lipinski definition) is 1. The molecule has 0 unspecified atom stereocenters. The zero-order chi connectivity index (χ0) is 14.0. The summed E-state index contributed by atoms with van der Waals surface area (Å²) in [5, 5.41) is 9.71. The molecule has 0 saturated heterocycles. The summed E-state index contributed by atoms with van der Waals surface area (Å²) in [7, 11) is 0. The molecule has 4 heteroatoms. The number of halogens is 1. The predicted octanol–water partition coefficient (Wildman–Crippen LogP) is 4.31. The molecule has 0 radical (unpaired) electrons. The van der Waals surface area contributed by atoms with E-state index in [4.69, 9.17) is 4.74 Å². The number of nitrogens with zero attached hydrogens (tertiary/aromatic N) is 1. The lowest BCUT2D eigenvalue weighted by Crippen LogP contribution is -1.98. The Morgan fingerprint density at radius 2 is 1.89 bits per heavy atom. The van der Waals surface area contributed by atoms with Crippen LogP contribution in [0.2, 0.25) is 0 Å². The second kappa shape index (κ2) is 5.72. The van der Waals surface area contributed by atoms with Crippen LogP contribution in [0.5, 0.6) is 11.6 Å². The molecule has 0 aliphatic heterocycles. The van der Waals surface area contributed by atoms with E-state index in [1.54, 1.807) is 19.2 Å². The smallest absolute Gasteiger partial charge is 0.225 e. The predicted molar refractivity (Wildman–Crippen MR) is 78.6 cm³/mol. The Bertz CT molecular complexity index is 573. The molecule has 0 bridgehead atoms. The molecular weight excluding hydrogens is 306 g/mol. The van der Waals surface area contributed by atoms with Crippen LogP contribution in [-0.2, 0) is 0 Å². The van der Waals surface area contributed by atoms with Gasteiger partial charge < -0.3 is 9.84 Å². The highest BCUT2D eigenvalue weighted by molar-refractivity contribution is 9.10. The van der Waals surface area contributed by atoms with Crippen molar-refractivity contribution >= 4 is 15.9 Å². The first kappa shape index (κ1) is 14.0. The highest BCUT2D eigenvalue weighted by atomic mass is 79.9. The molecule has 1 aromatic carbocycles. The molecule has 0 fully saturated rings. The Balaban J connectivity index is 2.37. The molecule has 2 rings (SSSR count). The molecule has 1 N–H and O–H groups in total.